The van der Waals surface area contributed by atoms with Gasteiger partial charge >= 0.3 is 5.97 Å². The second kappa shape index (κ2) is 5.98. The fourth-order valence-corrected chi connectivity index (χ4v) is 2.27. The minimum absolute atomic E-state index is 0.0801. The van der Waals surface area contributed by atoms with Gasteiger partial charge < -0.3 is 5.11 Å². The van der Waals surface area contributed by atoms with Crippen molar-refractivity contribution in [2.24, 2.45) is 0 Å². The zero-order valence-corrected chi connectivity index (χ0v) is 9.45. The first kappa shape index (κ1) is 12.3. The maximum Gasteiger partial charge on any atom is 0.304 e. The fraction of sp³-hybridized carbons (Fsp3) is 0.300. The second-order valence-corrected chi connectivity index (χ2v) is 4.41. The van der Waals surface area contributed by atoms with Crippen molar-refractivity contribution in [3.8, 4) is 0 Å². The summed E-state index contributed by atoms with van der Waals surface area (Å²) < 4.78 is 13.2. The molecule has 5 heteroatoms. The molecular formula is C10H10ClFO2S. The van der Waals surface area contributed by atoms with Gasteiger partial charge in [-0.05, 0) is 12.1 Å². The van der Waals surface area contributed by atoms with E-state index in [1.54, 1.807) is 12.1 Å². The molecule has 0 spiro atoms. The van der Waals surface area contributed by atoms with Gasteiger partial charge in [-0.2, -0.15) is 11.8 Å². The molecule has 1 aromatic carbocycles. The monoisotopic (exact) mass is 248 g/mol. The number of aliphatic carboxylic acids is 1. The maximum absolute atomic E-state index is 13.2. The van der Waals surface area contributed by atoms with Crippen LogP contribution in [0.5, 0.6) is 0 Å². The van der Waals surface area contributed by atoms with Crippen molar-refractivity contribution in [1.29, 1.82) is 0 Å². The van der Waals surface area contributed by atoms with Crippen molar-refractivity contribution in [2.45, 2.75) is 12.2 Å². The third-order valence-electron chi connectivity index (χ3n) is 1.77. The zero-order chi connectivity index (χ0) is 11.3. The predicted molar refractivity (Wildman–Crippen MR) is 59.8 cm³/mol. The molecule has 0 saturated carbocycles. The van der Waals surface area contributed by atoms with Crippen LogP contribution in [0.2, 0.25) is 5.02 Å². The van der Waals surface area contributed by atoms with Crippen LogP contribution in [0.1, 0.15) is 12.0 Å². The molecule has 1 N–H and O–H groups in total. The van der Waals surface area contributed by atoms with Crippen LogP contribution in [-0.4, -0.2) is 16.8 Å². The van der Waals surface area contributed by atoms with E-state index in [1.807, 2.05) is 0 Å². The van der Waals surface area contributed by atoms with Crippen molar-refractivity contribution >= 4 is 29.3 Å². The molecule has 0 heterocycles. The Morgan fingerprint density at radius 1 is 1.53 bits per heavy atom. The summed E-state index contributed by atoms with van der Waals surface area (Å²) in [4.78, 5) is 10.2. The second-order valence-electron chi connectivity index (χ2n) is 2.90. The highest BCUT2D eigenvalue weighted by Crippen LogP contribution is 2.23. The lowest BCUT2D eigenvalue weighted by atomic mass is 10.2. The third-order valence-corrected chi connectivity index (χ3v) is 3.11. The van der Waals surface area contributed by atoms with Gasteiger partial charge in [0.05, 0.1) is 6.42 Å². The van der Waals surface area contributed by atoms with E-state index in [9.17, 15) is 9.18 Å². The summed E-state index contributed by atoms with van der Waals surface area (Å²) in [6.45, 7) is 0. The highest BCUT2D eigenvalue weighted by molar-refractivity contribution is 7.98. The standard InChI is InChI=1S/C10H10ClFO2S/c11-8-2-1-3-9(12)7(8)6-15-5-4-10(13)14/h1-3H,4-6H2,(H,13,14). The first-order valence-corrected chi connectivity index (χ1v) is 5.87. The lowest BCUT2D eigenvalue weighted by Gasteiger charge is -2.04. The van der Waals surface area contributed by atoms with Gasteiger partial charge in [-0.15, -0.1) is 0 Å². The van der Waals surface area contributed by atoms with Crippen LogP contribution in [-0.2, 0) is 10.5 Å². The van der Waals surface area contributed by atoms with E-state index in [4.69, 9.17) is 16.7 Å². The number of thioether (sulfide) groups is 1. The molecule has 2 nitrogen and oxygen atoms in total. The Hall–Kier alpha value is -0.740. The smallest absolute Gasteiger partial charge is 0.304 e. The minimum atomic E-state index is -0.845. The van der Waals surface area contributed by atoms with Crippen LogP contribution < -0.4 is 0 Å². The van der Waals surface area contributed by atoms with Crippen molar-refractivity contribution in [2.75, 3.05) is 5.75 Å². The molecule has 0 aliphatic heterocycles. The predicted octanol–water partition coefficient (Wildman–Crippen LogP) is 3.19. The van der Waals surface area contributed by atoms with Crippen LogP contribution in [0, 0.1) is 5.82 Å². The van der Waals surface area contributed by atoms with E-state index < -0.39 is 5.97 Å². The normalized spacial score (nSPS) is 10.3. The number of hydrogen-bond donors (Lipinski definition) is 1. The first-order valence-electron chi connectivity index (χ1n) is 4.33. The van der Waals surface area contributed by atoms with E-state index in [0.29, 0.717) is 22.1 Å². The van der Waals surface area contributed by atoms with Crippen LogP contribution in [0.3, 0.4) is 0 Å². The van der Waals surface area contributed by atoms with Gasteiger partial charge in [0.1, 0.15) is 5.82 Å². The van der Waals surface area contributed by atoms with Crippen LogP contribution in [0.4, 0.5) is 4.39 Å². The fourth-order valence-electron chi connectivity index (χ4n) is 1.00. The molecule has 0 aliphatic rings. The van der Waals surface area contributed by atoms with Gasteiger partial charge in [-0.25, -0.2) is 4.39 Å². The minimum Gasteiger partial charge on any atom is -0.481 e. The first-order chi connectivity index (χ1) is 7.11. The molecule has 1 aromatic rings. The van der Waals surface area contributed by atoms with Gasteiger partial charge in [-0.1, -0.05) is 17.7 Å². The van der Waals surface area contributed by atoms with Crippen molar-refractivity contribution in [1.82, 2.24) is 0 Å². The topological polar surface area (TPSA) is 37.3 Å². The number of halogens is 2. The Kier molecular flexibility index (Phi) is 4.91. The Labute approximate surface area is 96.4 Å². The van der Waals surface area contributed by atoms with E-state index in [2.05, 4.69) is 0 Å². The highest BCUT2D eigenvalue weighted by Gasteiger charge is 2.06. The molecule has 15 heavy (non-hydrogen) atoms. The van der Waals surface area contributed by atoms with Gasteiger partial charge in [-0.3, -0.25) is 4.79 Å². The van der Waals surface area contributed by atoms with Crippen LogP contribution >= 0.6 is 23.4 Å². The lowest BCUT2D eigenvalue weighted by molar-refractivity contribution is -0.136. The molecule has 0 radical (unpaired) electrons. The lowest BCUT2D eigenvalue weighted by Crippen LogP contribution is -1.97. The summed E-state index contributed by atoms with van der Waals surface area (Å²) in [6, 6.07) is 4.51. The average molecular weight is 249 g/mol. The zero-order valence-electron chi connectivity index (χ0n) is 7.87. The largest absolute Gasteiger partial charge is 0.481 e. The summed E-state index contributed by atoms with van der Waals surface area (Å²) in [5.74, 6) is -0.328. The van der Waals surface area contributed by atoms with Crippen LogP contribution in [0.25, 0.3) is 0 Å². The summed E-state index contributed by atoms with van der Waals surface area (Å²) in [7, 11) is 0. The molecule has 0 aromatic heterocycles. The molecule has 0 atom stereocenters. The van der Waals surface area contributed by atoms with Gasteiger partial charge in [0, 0.05) is 22.1 Å². The Morgan fingerprint density at radius 3 is 2.87 bits per heavy atom. The average Bonchev–Trinajstić information content (AvgIpc) is 2.15. The SMILES string of the molecule is O=C(O)CCSCc1c(F)cccc1Cl. The number of rotatable bonds is 5. The van der Waals surface area contributed by atoms with E-state index >= 15 is 0 Å². The van der Waals surface area contributed by atoms with Crippen molar-refractivity contribution in [3.63, 3.8) is 0 Å². The van der Waals surface area contributed by atoms with Gasteiger partial charge in [0.2, 0.25) is 0 Å². The van der Waals surface area contributed by atoms with Crippen molar-refractivity contribution in [3.05, 3.63) is 34.6 Å². The highest BCUT2D eigenvalue weighted by atomic mass is 35.5. The Morgan fingerprint density at radius 2 is 2.27 bits per heavy atom. The van der Waals surface area contributed by atoms with E-state index in [-0.39, 0.29) is 12.2 Å². The number of hydrogen-bond acceptors (Lipinski definition) is 2. The molecule has 0 saturated heterocycles. The number of carboxylic acids is 1. The summed E-state index contributed by atoms with van der Waals surface area (Å²) in [5, 5.41) is 8.79. The summed E-state index contributed by atoms with van der Waals surface area (Å²) in [6.07, 6.45) is 0.0801. The molecular weight excluding hydrogens is 239 g/mol. The summed E-state index contributed by atoms with van der Waals surface area (Å²) in [5.41, 5.74) is 0.439. The van der Waals surface area contributed by atoms with Crippen molar-refractivity contribution < 1.29 is 14.3 Å². The molecule has 82 valence electrons. The molecule has 0 amide bonds. The summed E-state index contributed by atoms with van der Waals surface area (Å²) >= 11 is 7.16. The maximum atomic E-state index is 13.2. The van der Waals surface area contributed by atoms with E-state index in [0.717, 1.165) is 0 Å². The number of benzene rings is 1. The van der Waals surface area contributed by atoms with E-state index in [1.165, 1.54) is 17.8 Å². The Balaban J connectivity index is 2.47. The third kappa shape index (κ3) is 4.10. The molecule has 0 aliphatic carbocycles. The van der Waals surface area contributed by atoms with Crippen LogP contribution in [0.15, 0.2) is 18.2 Å². The number of carbonyl (C=O) groups is 1. The molecule has 0 unspecified atom stereocenters. The van der Waals surface area contributed by atoms with Gasteiger partial charge in [0.25, 0.3) is 0 Å². The van der Waals surface area contributed by atoms with Gasteiger partial charge in [0.15, 0.2) is 0 Å². The molecule has 0 bridgehead atoms. The quantitative estimate of drug-likeness (QED) is 0.814. The molecule has 1 rings (SSSR count). The number of carboxylic acid groups (broad SMARTS) is 1. The molecule has 0 fully saturated rings. The Bertz CT molecular complexity index is 337.